The molecule has 5 heteroatoms. The Bertz CT molecular complexity index is 325. The molecule has 1 rings (SSSR count). The normalized spacial score (nSPS) is 17.2. The molecule has 0 aromatic carbocycles. The molecule has 1 aliphatic rings. The van der Waals surface area contributed by atoms with Gasteiger partial charge in [-0.05, 0) is 57.2 Å². The molecule has 136 valence electrons. The molecule has 23 heavy (non-hydrogen) atoms. The summed E-state index contributed by atoms with van der Waals surface area (Å²) in [5, 5.41) is 6.96. The average molecular weight is 327 g/mol. The van der Waals surface area contributed by atoms with E-state index in [1.54, 1.807) is 7.11 Å². The average Bonchev–Trinajstić information content (AvgIpc) is 2.54. The Morgan fingerprint density at radius 1 is 1.17 bits per heavy atom. The van der Waals surface area contributed by atoms with Crippen molar-refractivity contribution in [3.05, 3.63) is 0 Å². The number of hydrogen-bond acceptors (Lipinski definition) is 3. The van der Waals surface area contributed by atoms with Crippen LogP contribution in [0, 0.1) is 5.41 Å². The van der Waals surface area contributed by atoms with Crippen LogP contribution in [0.3, 0.4) is 0 Å². The molecule has 0 atom stereocenters. The second kappa shape index (κ2) is 11.7. The number of nitrogens with one attached hydrogen (secondary N) is 2. The van der Waals surface area contributed by atoms with E-state index in [-0.39, 0.29) is 0 Å². The fourth-order valence-electron chi connectivity index (χ4n) is 3.21. The minimum absolute atomic E-state index is 0.427. The third-order valence-corrected chi connectivity index (χ3v) is 5.19. The van der Waals surface area contributed by atoms with Crippen LogP contribution in [-0.4, -0.2) is 64.3 Å². The smallest absolute Gasteiger partial charge is 0.190 e. The van der Waals surface area contributed by atoms with E-state index in [4.69, 9.17) is 4.74 Å². The molecule has 0 aliphatic heterocycles. The highest BCUT2D eigenvalue weighted by Crippen LogP contribution is 2.43. The minimum Gasteiger partial charge on any atom is -0.385 e. The Morgan fingerprint density at radius 2 is 1.91 bits per heavy atom. The summed E-state index contributed by atoms with van der Waals surface area (Å²) in [6.45, 7) is 10.8. The van der Waals surface area contributed by atoms with E-state index in [0.29, 0.717) is 5.41 Å². The zero-order valence-corrected chi connectivity index (χ0v) is 15.8. The van der Waals surface area contributed by atoms with Gasteiger partial charge in [-0.15, -0.1) is 0 Å². The van der Waals surface area contributed by atoms with E-state index < -0.39 is 0 Å². The second-order valence-electron chi connectivity index (χ2n) is 6.68. The van der Waals surface area contributed by atoms with Gasteiger partial charge in [0.15, 0.2) is 5.96 Å². The third kappa shape index (κ3) is 7.53. The second-order valence-corrected chi connectivity index (χ2v) is 6.68. The van der Waals surface area contributed by atoms with Gasteiger partial charge in [-0.1, -0.05) is 20.3 Å². The predicted octanol–water partition coefficient (Wildman–Crippen LogP) is 2.48. The first kappa shape index (κ1) is 20.2. The van der Waals surface area contributed by atoms with E-state index in [9.17, 15) is 0 Å². The van der Waals surface area contributed by atoms with E-state index in [1.807, 2.05) is 7.05 Å². The van der Waals surface area contributed by atoms with Crippen molar-refractivity contribution in [2.24, 2.45) is 10.4 Å². The molecular formula is C18H38N4O. The largest absolute Gasteiger partial charge is 0.385 e. The first-order chi connectivity index (χ1) is 11.2. The lowest BCUT2D eigenvalue weighted by Crippen LogP contribution is -2.47. The van der Waals surface area contributed by atoms with Crippen molar-refractivity contribution in [2.75, 3.05) is 53.5 Å². The van der Waals surface area contributed by atoms with E-state index in [2.05, 4.69) is 34.4 Å². The van der Waals surface area contributed by atoms with Crippen molar-refractivity contribution in [1.82, 2.24) is 15.5 Å². The summed E-state index contributed by atoms with van der Waals surface area (Å²) in [4.78, 5) is 6.82. The van der Waals surface area contributed by atoms with Crippen LogP contribution in [0.4, 0.5) is 0 Å². The van der Waals surface area contributed by atoms with Crippen molar-refractivity contribution in [1.29, 1.82) is 0 Å². The molecule has 0 aromatic heterocycles. The summed E-state index contributed by atoms with van der Waals surface area (Å²) in [7, 11) is 3.65. The molecule has 0 heterocycles. The molecule has 0 bridgehead atoms. The highest BCUT2D eigenvalue weighted by Gasteiger charge is 2.36. The van der Waals surface area contributed by atoms with Crippen LogP contribution in [0.5, 0.6) is 0 Å². The Balaban J connectivity index is 2.17. The lowest BCUT2D eigenvalue weighted by Gasteiger charge is -2.42. The van der Waals surface area contributed by atoms with E-state index >= 15 is 0 Å². The number of hydrogen-bond donors (Lipinski definition) is 2. The zero-order valence-electron chi connectivity index (χ0n) is 15.8. The van der Waals surface area contributed by atoms with Gasteiger partial charge in [0.25, 0.3) is 0 Å². The van der Waals surface area contributed by atoms with Gasteiger partial charge < -0.3 is 20.3 Å². The van der Waals surface area contributed by atoms with Gasteiger partial charge in [-0.3, -0.25) is 4.99 Å². The standard InChI is InChI=1S/C18H38N4O/c1-5-22(6-2)14-8-7-13-20-17(19-3)21-16-18(10-9-11-18)12-15-23-4/h5-16H2,1-4H3,(H2,19,20,21). The number of guanidine groups is 1. The number of nitrogens with zero attached hydrogens (tertiary/aromatic N) is 2. The van der Waals surface area contributed by atoms with Gasteiger partial charge in [0.1, 0.15) is 0 Å². The third-order valence-electron chi connectivity index (χ3n) is 5.19. The van der Waals surface area contributed by atoms with E-state index in [0.717, 1.165) is 45.2 Å². The summed E-state index contributed by atoms with van der Waals surface area (Å²) in [5.41, 5.74) is 0.427. The summed E-state index contributed by atoms with van der Waals surface area (Å²) in [6, 6.07) is 0. The van der Waals surface area contributed by atoms with Crippen molar-refractivity contribution < 1.29 is 4.74 Å². The van der Waals surface area contributed by atoms with Gasteiger partial charge in [0, 0.05) is 33.9 Å². The molecule has 1 aliphatic carbocycles. The van der Waals surface area contributed by atoms with Gasteiger partial charge in [-0.2, -0.15) is 0 Å². The van der Waals surface area contributed by atoms with Crippen molar-refractivity contribution in [3.8, 4) is 0 Å². The molecule has 5 nitrogen and oxygen atoms in total. The highest BCUT2D eigenvalue weighted by atomic mass is 16.5. The number of unbranched alkanes of at least 4 members (excludes halogenated alkanes) is 1. The Morgan fingerprint density at radius 3 is 2.43 bits per heavy atom. The quantitative estimate of drug-likeness (QED) is 0.329. The Hall–Kier alpha value is -0.810. The predicted molar refractivity (Wildman–Crippen MR) is 99.2 cm³/mol. The van der Waals surface area contributed by atoms with Gasteiger partial charge in [-0.25, -0.2) is 0 Å². The summed E-state index contributed by atoms with van der Waals surface area (Å²) < 4.78 is 5.26. The van der Waals surface area contributed by atoms with Crippen LogP contribution in [0.25, 0.3) is 0 Å². The van der Waals surface area contributed by atoms with Crippen LogP contribution < -0.4 is 10.6 Å². The topological polar surface area (TPSA) is 48.9 Å². The minimum atomic E-state index is 0.427. The molecule has 0 unspecified atom stereocenters. The number of aliphatic imine (C=N–C) groups is 1. The maximum absolute atomic E-state index is 5.26. The van der Waals surface area contributed by atoms with Crippen LogP contribution in [0.15, 0.2) is 4.99 Å². The monoisotopic (exact) mass is 326 g/mol. The maximum Gasteiger partial charge on any atom is 0.190 e. The van der Waals surface area contributed by atoms with Crippen LogP contribution in [-0.2, 0) is 4.74 Å². The molecule has 0 spiro atoms. The van der Waals surface area contributed by atoms with Crippen molar-refractivity contribution >= 4 is 5.96 Å². The van der Waals surface area contributed by atoms with Gasteiger partial charge in [0.2, 0.25) is 0 Å². The molecule has 0 amide bonds. The lowest BCUT2D eigenvalue weighted by atomic mass is 9.67. The molecule has 0 saturated heterocycles. The van der Waals surface area contributed by atoms with Crippen molar-refractivity contribution in [2.45, 2.75) is 52.4 Å². The molecule has 0 aromatic rings. The molecule has 1 saturated carbocycles. The first-order valence-electron chi connectivity index (χ1n) is 9.35. The number of rotatable bonds is 12. The van der Waals surface area contributed by atoms with Crippen molar-refractivity contribution in [3.63, 3.8) is 0 Å². The summed E-state index contributed by atoms with van der Waals surface area (Å²) in [6.07, 6.45) is 7.55. The summed E-state index contributed by atoms with van der Waals surface area (Å²) >= 11 is 0. The molecular weight excluding hydrogens is 288 g/mol. The fourth-order valence-corrected chi connectivity index (χ4v) is 3.21. The number of methoxy groups -OCH3 is 1. The highest BCUT2D eigenvalue weighted by molar-refractivity contribution is 5.79. The number of ether oxygens (including phenoxy) is 1. The van der Waals surface area contributed by atoms with Gasteiger partial charge >= 0.3 is 0 Å². The molecule has 2 N–H and O–H groups in total. The van der Waals surface area contributed by atoms with Crippen LogP contribution >= 0.6 is 0 Å². The van der Waals surface area contributed by atoms with Gasteiger partial charge in [0.05, 0.1) is 0 Å². The fraction of sp³-hybridized carbons (Fsp3) is 0.944. The Kier molecular flexibility index (Phi) is 10.3. The Labute approximate surface area is 143 Å². The zero-order chi connectivity index (χ0) is 17.0. The SMILES string of the molecule is CCN(CC)CCCCNC(=NC)NCC1(CCOC)CCC1. The van der Waals surface area contributed by atoms with Crippen LogP contribution in [0.1, 0.15) is 52.4 Å². The molecule has 1 fully saturated rings. The maximum atomic E-state index is 5.26. The van der Waals surface area contributed by atoms with E-state index in [1.165, 1.54) is 38.6 Å². The first-order valence-corrected chi connectivity index (χ1v) is 9.35. The summed E-state index contributed by atoms with van der Waals surface area (Å²) in [5.74, 6) is 0.941. The molecule has 0 radical (unpaired) electrons. The lowest BCUT2D eigenvalue weighted by molar-refractivity contribution is 0.0732. The van der Waals surface area contributed by atoms with Crippen LogP contribution in [0.2, 0.25) is 0 Å².